The van der Waals surface area contributed by atoms with E-state index in [2.05, 4.69) is 9.97 Å². The Morgan fingerprint density at radius 1 is 1.28 bits per heavy atom. The van der Waals surface area contributed by atoms with Crippen LogP contribution in [0, 0.1) is 13.8 Å². The number of nitrogens with zero attached hydrogens (tertiary/aromatic N) is 2. The summed E-state index contributed by atoms with van der Waals surface area (Å²) in [6, 6.07) is 0. The van der Waals surface area contributed by atoms with Gasteiger partial charge in [-0.05, 0) is 34.6 Å². The van der Waals surface area contributed by atoms with Crippen molar-refractivity contribution >= 4 is 5.97 Å². The van der Waals surface area contributed by atoms with Crippen LogP contribution in [-0.4, -0.2) is 28.2 Å². The molecule has 0 aliphatic heterocycles. The second-order valence-electron chi connectivity index (χ2n) is 4.91. The topological polar surface area (TPSA) is 72.3 Å². The molecule has 1 heterocycles. The maximum absolute atomic E-state index is 11.1. The fourth-order valence-electron chi connectivity index (χ4n) is 1.84. The third kappa shape index (κ3) is 2.67. The molecule has 0 aromatic carbocycles. The van der Waals surface area contributed by atoms with Crippen molar-refractivity contribution in [1.82, 2.24) is 9.97 Å². The van der Waals surface area contributed by atoms with Gasteiger partial charge in [-0.25, -0.2) is 9.97 Å². The molecule has 0 saturated carbocycles. The van der Waals surface area contributed by atoms with Crippen molar-refractivity contribution in [3.05, 3.63) is 22.8 Å². The molecule has 0 aliphatic carbocycles. The molecule has 18 heavy (non-hydrogen) atoms. The van der Waals surface area contributed by atoms with Crippen LogP contribution in [0.4, 0.5) is 0 Å². The van der Waals surface area contributed by atoms with E-state index in [1.54, 1.807) is 27.9 Å². The number of aryl methyl sites for hydroxylation is 2. The van der Waals surface area contributed by atoms with Gasteiger partial charge in [0.1, 0.15) is 5.60 Å². The van der Waals surface area contributed by atoms with E-state index in [9.17, 15) is 4.79 Å². The number of methoxy groups -OCH3 is 1. The Balaban J connectivity index is 3.33. The van der Waals surface area contributed by atoms with Gasteiger partial charge >= 0.3 is 5.97 Å². The molecule has 0 spiro atoms. The average Bonchev–Trinajstić information content (AvgIpc) is 2.27. The van der Waals surface area contributed by atoms with Gasteiger partial charge in [-0.2, -0.15) is 0 Å². The third-order valence-electron chi connectivity index (χ3n) is 3.18. The number of aromatic nitrogens is 2. The summed E-state index contributed by atoms with van der Waals surface area (Å²) in [4.78, 5) is 19.8. The van der Waals surface area contributed by atoms with Gasteiger partial charge < -0.3 is 9.84 Å². The van der Waals surface area contributed by atoms with Gasteiger partial charge in [-0.3, -0.25) is 4.79 Å². The highest BCUT2D eigenvalue weighted by Crippen LogP contribution is 2.26. The highest BCUT2D eigenvalue weighted by molar-refractivity contribution is 5.76. The lowest BCUT2D eigenvalue weighted by Gasteiger charge is -2.23. The van der Waals surface area contributed by atoms with Gasteiger partial charge in [-0.15, -0.1) is 0 Å². The molecule has 1 N–H and O–H groups in total. The van der Waals surface area contributed by atoms with E-state index in [-0.39, 0.29) is 0 Å². The lowest BCUT2D eigenvalue weighted by Crippen LogP contribution is -2.25. The number of carbonyl (C=O) groups is 1. The molecule has 0 saturated heterocycles. The van der Waals surface area contributed by atoms with Gasteiger partial charge in [0.25, 0.3) is 0 Å². The Hall–Kier alpha value is -1.49. The summed E-state index contributed by atoms with van der Waals surface area (Å²) in [6.07, 6.45) is 0. The first-order chi connectivity index (χ1) is 8.20. The van der Waals surface area contributed by atoms with Crippen molar-refractivity contribution in [3.8, 4) is 0 Å². The minimum Gasteiger partial charge on any atom is -0.481 e. The molecule has 0 bridgehead atoms. The van der Waals surface area contributed by atoms with Gasteiger partial charge in [0.2, 0.25) is 0 Å². The Morgan fingerprint density at radius 3 is 2.06 bits per heavy atom. The number of hydrogen-bond acceptors (Lipinski definition) is 4. The van der Waals surface area contributed by atoms with Crippen molar-refractivity contribution in [3.63, 3.8) is 0 Å². The molecule has 100 valence electrons. The van der Waals surface area contributed by atoms with Gasteiger partial charge in [0.05, 0.1) is 5.92 Å². The van der Waals surface area contributed by atoms with Crippen molar-refractivity contribution < 1.29 is 14.6 Å². The van der Waals surface area contributed by atoms with E-state index in [1.807, 2.05) is 13.8 Å². The van der Waals surface area contributed by atoms with Crippen LogP contribution in [0.5, 0.6) is 0 Å². The summed E-state index contributed by atoms with van der Waals surface area (Å²) >= 11 is 0. The second-order valence-corrected chi connectivity index (χ2v) is 4.91. The van der Waals surface area contributed by atoms with E-state index in [0.717, 1.165) is 0 Å². The highest BCUT2D eigenvalue weighted by atomic mass is 16.5. The molecular formula is C13H20N2O3. The number of carboxylic acid groups (broad SMARTS) is 1. The molecule has 0 fully saturated rings. The van der Waals surface area contributed by atoms with Crippen LogP contribution < -0.4 is 0 Å². The standard InChI is InChI=1S/C13H20N2O3/c1-7(11(16)17)10-8(2)14-12(15-9(10)3)13(4,5)18-6/h7H,1-6H3,(H,16,17). The zero-order valence-electron chi connectivity index (χ0n) is 11.7. The Kier molecular flexibility index (Phi) is 4.06. The fraction of sp³-hybridized carbons (Fsp3) is 0.615. The number of rotatable bonds is 4. The van der Waals surface area contributed by atoms with Crippen molar-refractivity contribution in [1.29, 1.82) is 0 Å². The fourth-order valence-corrected chi connectivity index (χ4v) is 1.84. The Labute approximate surface area is 107 Å². The lowest BCUT2D eigenvalue weighted by molar-refractivity contribution is -0.138. The molecule has 1 unspecified atom stereocenters. The maximum atomic E-state index is 11.1. The predicted molar refractivity (Wildman–Crippen MR) is 67.6 cm³/mol. The van der Waals surface area contributed by atoms with Gasteiger partial charge in [-0.1, -0.05) is 0 Å². The average molecular weight is 252 g/mol. The first-order valence-corrected chi connectivity index (χ1v) is 5.84. The smallest absolute Gasteiger partial charge is 0.310 e. The van der Waals surface area contributed by atoms with Crippen molar-refractivity contribution in [2.24, 2.45) is 0 Å². The number of aliphatic carboxylic acids is 1. The molecule has 5 nitrogen and oxygen atoms in total. The van der Waals surface area contributed by atoms with Crippen LogP contribution in [0.3, 0.4) is 0 Å². The molecular weight excluding hydrogens is 232 g/mol. The summed E-state index contributed by atoms with van der Waals surface area (Å²) in [5.74, 6) is -0.908. The normalized spacial score (nSPS) is 13.4. The van der Waals surface area contributed by atoms with E-state index >= 15 is 0 Å². The summed E-state index contributed by atoms with van der Waals surface area (Å²) in [7, 11) is 1.60. The van der Waals surface area contributed by atoms with Crippen LogP contribution in [0.15, 0.2) is 0 Å². The second kappa shape index (κ2) is 5.02. The molecule has 0 radical (unpaired) electrons. The van der Waals surface area contributed by atoms with Crippen molar-refractivity contribution in [2.75, 3.05) is 7.11 Å². The summed E-state index contributed by atoms with van der Waals surface area (Å²) in [5, 5.41) is 9.08. The molecule has 0 amide bonds. The Bertz CT molecular complexity index is 446. The van der Waals surface area contributed by atoms with Crippen LogP contribution in [0.25, 0.3) is 0 Å². The first-order valence-electron chi connectivity index (χ1n) is 5.84. The molecule has 1 aromatic rings. The minimum absolute atomic E-state index is 0.571. The van der Waals surface area contributed by atoms with Crippen molar-refractivity contribution in [2.45, 2.75) is 46.1 Å². The molecule has 5 heteroatoms. The van der Waals surface area contributed by atoms with Crippen LogP contribution >= 0.6 is 0 Å². The van der Waals surface area contributed by atoms with E-state index < -0.39 is 17.5 Å². The molecule has 1 rings (SSSR count). The molecule has 0 aliphatic rings. The lowest BCUT2D eigenvalue weighted by atomic mass is 9.97. The quantitative estimate of drug-likeness (QED) is 0.889. The van der Waals surface area contributed by atoms with E-state index in [4.69, 9.17) is 9.84 Å². The van der Waals surface area contributed by atoms with Gasteiger partial charge in [0.15, 0.2) is 5.82 Å². The Morgan fingerprint density at radius 2 is 1.72 bits per heavy atom. The maximum Gasteiger partial charge on any atom is 0.310 e. The summed E-state index contributed by atoms with van der Waals surface area (Å²) in [6.45, 7) is 9.00. The van der Waals surface area contributed by atoms with Gasteiger partial charge in [0, 0.05) is 24.1 Å². The number of carboxylic acids is 1. The van der Waals surface area contributed by atoms with Crippen LogP contribution in [-0.2, 0) is 15.1 Å². The zero-order valence-corrected chi connectivity index (χ0v) is 11.7. The summed E-state index contributed by atoms with van der Waals surface area (Å²) in [5.41, 5.74) is 1.48. The minimum atomic E-state index is -0.872. The zero-order chi connectivity index (χ0) is 14.1. The highest BCUT2D eigenvalue weighted by Gasteiger charge is 2.27. The number of hydrogen-bond donors (Lipinski definition) is 1. The monoisotopic (exact) mass is 252 g/mol. The third-order valence-corrected chi connectivity index (χ3v) is 3.18. The van der Waals surface area contributed by atoms with E-state index in [0.29, 0.717) is 22.8 Å². The first kappa shape index (κ1) is 14.6. The van der Waals surface area contributed by atoms with E-state index in [1.165, 1.54) is 0 Å². The largest absolute Gasteiger partial charge is 0.481 e. The predicted octanol–water partition coefficient (Wildman–Crippen LogP) is 2.16. The number of ether oxygens (including phenoxy) is 1. The molecule has 1 aromatic heterocycles. The van der Waals surface area contributed by atoms with Crippen LogP contribution in [0.1, 0.15) is 49.5 Å². The summed E-state index contributed by atoms with van der Waals surface area (Å²) < 4.78 is 5.34. The molecule has 1 atom stereocenters. The SMILES string of the molecule is COC(C)(C)c1nc(C)c(C(C)C(=O)O)c(C)n1. The van der Waals surface area contributed by atoms with Crippen LogP contribution in [0.2, 0.25) is 0 Å².